The molecule has 0 saturated carbocycles. The standard InChI is InChI=1S/C33H27N5O9/c1-19(39)35-33-36-27-24(28(40)37-33)34-18-38(27)29-26(47-32(43)22-15-9-4-10-16-22)25(46-31(42)21-13-7-3-8-14-21)23(45-29)17-44-30(41)20-11-5-2-6-12-20/h2-16,18,23,25-26,29H,17H2,1H3,(H2,35,36,37,39,40)/t23-,25-,26-,29-/m1/s1. The van der Waals surface area contributed by atoms with Gasteiger partial charge in [0.2, 0.25) is 11.9 Å². The summed E-state index contributed by atoms with van der Waals surface area (Å²) in [4.78, 5) is 75.1. The second-order valence-corrected chi connectivity index (χ2v) is 10.4. The summed E-state index contributed by atoms with van der Waals surface area (Å²) in [5, 5.41) is 2.42. The SMILES string of the molecule is CC(=O)Nc1nc2c(ncn2[C@@H]2O[C@H](COC(=O)c3ccccc3)[C@@H](OC(=O)c3ccccc3)[C@H]2OC(=O)c2ccccc2)c(=O)[nH]1. The lowest BCUT2D eigenvalue weighted by molar-refractivity contribution is -0.114. The predicted molar refractivity (Wildman–Crippen MR) is 164 cm³/mol. The van der Waals surface area contributed by atoms with Crippen LogP contribution in [0.1, 0.15) is 44.2 Å². The van der Waals surface area contributed by atoms with Crippen LogP contribution in [0, 0.1) is 0 Å². The van der Waals surface area contributed by atoms with Gasteiger partial charge in [0.1, 0.15) is 12.7 Å². The molecule has 0 spiro atoms. The van der Waals surface area contributed by atoms with Crippen LogP contribution in [0.15, 0.2) is 102 Å². The van der Waals surface area contributed by atoms with Gasteiger partial charge in [-0.3, -0.25) is 24.5 Å². The van der Waals surface area contributed by atoms with Gasteiger partial charge in [0.05, 0.1) is 23.0 Å². The van der Waals surface area contributed by atoms with Crippen LogP contribution < -0.4 is 10.9 Å². The van der Waals surface area contributed by atoms with Crippen molar-refractivity contribution in [2.75, 3.05) is 11.9 Å². The Morgan fingerprint density at radius 3 is 1.89 bits per heavy atom. The van der Waals surface area contributed by atoms with Crippen LogP contribution in [0.3, 0.4) is 0 Å². The van der Waals surface area contributed by atoms with Crippen molar-refractivity contribution in [2.45, 2.75) is 31.5 Å². The summed E-state index contributed by atoms with van der Waals surface area (Å²) in [6, 6.07) is 24.5. The van der Waals surface area contributed by atoms with Gasteiger partial charge >= 0.3 is 17.9 Å². The zero-order chi connectivity index (χ0) is 32.9. The fraction of sp³-hybridized carbons (Fsp3) is 0.182. The van der Waals surface area contributed by atoms with E-state index in [1.165, 1.54) is 17.8 Å². The number of nitrogens with zero attached hydrogens (tertiary/aromatic N) is 3. The number of nitrogens with one attached hydrogen (secondary N) is 2. The first-order valence-electron chi connectivity index (χ1n) is 14.4. The fourth-order valence-electron chi connectivity index (χ4n) is 5.02. The Balaban J connectivity index is 1.41. The van der Waals surface area contributed by atoms with Gasteiger partial charge < -0.3 is 18.9 Å². The molecule has 0 bridgehead atoms. The molecule has 0 radical (unpaired) electrons. The number of fused-ring (bicyclic) bond motifs is 1. The molecule has 1 aliphatic heterocycles. The first-order valence-corrected chi connectivity index (χ1v) is 14.4. The molecular weight excluding hydrogens is 610 g/mol. The Morgan fingerprint density at radius 2 is 1.34 bits per heavy atom. The maximum Gasteiger partial charge on any atom is 0.338 e. The highest BCUT2D eigenvalue weighted by Gasteiger charge is 2.52. The molecule has 238 valence electrons. The molecule has 4 atom stereocenters. The first kappa shape index (κ1) is 30.9. The fourth-order valence-corrected chi connectivity index (χ4v) is 5.02. The van der Waals surface area contributed by atoms with Crippen LogP contribution in [0.5, 0.6) is 0 Å². The van der Waals surface area contributed by atoms with Crippen molar-refractivity contribution < 1.29 is 38.1 Å². The molecular formula is C33H27N5O9. The van der Waals surface area contributed by atoms with Crippen LogP contribution in [-0.4, -0.2) is 68.3 Å². The molecule has 3 heterocycles. The Hall–Kier alpha value is -6.15. The number of aromatic nitrogens is 4. The van der Waals surface area contributed by atoms with Gasteiger partial charge in [-0.1, -0.05) is 54.6 Å². The quantitative estimate of drug-likeness (QED) is 0.179. The molecule has 1 fully saturated rings. The highest BCUT2D eigenvalue weighted by atomic mass is 16.7. The highest BCUT2D eigenvalue weighted by molar-refractivity contribution is 5.91. The minimum Gasteiger partial charge on any atom is -0.459 e. The van der Waals surface area contributed by atoms with E-state index in [2.05, 4.69) is 20.3 Å². The number of rotatable bonds is 9. The van der Waals surface area contributed by atoms with E-state index in [1.807, 2.05) is 0 Å². The van der Waals surface area contributed by atoms with Crippen molar-refractivity contribution in [1.82, 2.24) is 19.5 Å². The molecule has 47 heavy (non-hydrogen) atoms. The Labute approximate surface area is 266 Å². The van der Waals surface area contributed by atoms with E-state index in [9.17, 15) is 24.0 Å². The number of anilines is 1. The number of aromatic amines is 1. The van der Waals surface area contributed by atoms with E-state index in [1.54, 1.807) is 91.0 Å². The number of imidazole rings is 1. The van der Waals surface area contributed by atoms with E-state index in [-0.39, 0.29) is 33.8 Å². The number of carbonyl (C=O) groups is 4. The van der Waals surface area contributed by atoms with Crippen molar-refractivity contribution in [2.24, 2.45) is 0 Å². The molecule has 2 aromatic heterocycles. The van der Waals surface area contributed by atoms with Gasteiger partial charge in [-0.2, -0.15) is 4.98 Å². The number of ether oxygens (including phenoxy) is 4. The molecule has 0 unspecified atom stereocenters. The highest BCUT2D eigenvalue weighted by Crippen LogP contribution is 2.36. The average molecular weight is 638 g/mol. The van der Waals surface area contributed by atoms with Crippen molar-refractivity contribution in [3.8, 4) is 0 Å². The Kier molecular flexibility index (Phi) is 8.84. The second kappa shape index (κ2) is 13.5. The van der Waals surface area contributed by atoms with Gasteiger partial charge in [-0.15, -0.1) is 0 Å². The zero-order valence-corrected chi connectivity index (χ0v) is 24.8. The van der Waals surface area contributed by atoms with Crippen molar-refractivity contribution in [1.29, 1.82) is 0 Å². The monoisotopic (exact) mass is 637 g/mol. The van der Waals surface area contributed by atoms with Crippen molar-refractivity contribution in [3.63, 3.8) is 0 Å². The van der Waals surface area contributed by atoms with Crippen molar-refractivity contribution in [3.05, 3.63) is 124 Å². The Morgan fingerprint density at radius 1 is 0.809 bits per heavy atom. The minimum absolute atomic E-state index is 0.0293. The normalized spacial score (nSPS) is 18.7. The van der Waals surface area contributed by atoms with Crippen LogP contribution >= 0.6 is 0 Å². The van der Waals surface area contributed by atoms with Crippen LogP contribution in [0.4, 0.5) is 5.95 Å². The van der Waals surface area contributed by atoms with Gasteiger partial charge in [0.15, 0.2) is 29.6 Å². The van der Waals surface area contributed by atoms with Crippen LogP contribution in [0.25, 0.3) is 11.2 Å². The zero-order valence-electron chi connectivity index (χ0n) is 24.8. The third-order valence-electron chi connectivity index (χ3n) is 7.18. The van der Waals surface area contributed by atoms with E-state index in [0.29, 0.717) is 0 Å². The molecule has 6 rings (SSSR count). The lowest BCUT2D eigenvalue weighted by Crippen LogP contribution is -2.41. The number of H-pyrrole nitrogens is 1. The molecule has 14 nitrogen and oxygen atoms in total. The first-order chi connectivity index (χ1) is 22.8. The van der Waals surface area contributed by atoms with E-state index < -0.39 is 60.5 Å². The molecule has 1 aliphatic rings. The molecule has 2 N–H and O–H groups in total. The van der Waals surface area contributed by atoms with Gasteiger partial charge in [0.25, 0.3) is 5.56 Å². The number of carbonyl (C=O) groups excluding carboxylic acids is 4. The van der Waals surface area contributed by atoms with Crippen LogP contribution in [0.2, 0.25) is 0 Å². The van der Waals surface area contributed by atoms with Gasteiger partial charge in [-0.05, 0) is 36.4 Å². The second-order valence-electron chi connectivity index (χ2n) is 10.4. The maximum absolute atomic E-state index is 13.4. The van der Waals surface area contributed by atoms with Gasteiger partial charge in [-0.25, -0.2) is 19.4 Å². The largest absolute Gasteiger partial charge is 0.459 e. The molecule has 1 saturated heterocycles. The number of esters is 3. The summed E-state index contributed by atoms with van der Waals surface area (Å²) in [7, 11) is 0. The lowest BCUT2D eigenvalue weighted by Gasteiger charge is -2.25. The van der Waals surface area contributed by atoms with Crippen molar-refractivity contribution >= 4 is 40.9 Å². The molecule has 0 aliphatic carbocycles. The predicted octanol–water partition coefficient (Wildman–Crippen LogP) is 3.28. The topological polar surface area (TPSA) is 181 Å². The summed E-state index contributed by atoms with van der Waals surface area (Å²) in [6.45, 7) is 0.835. The third kappa shape index (κ3) is 6.77. The summed E-state index contributed by atoms with van der Waals surface area (Å²) in [5.74, 6) is -2.82. The molecule has 3 aromatic carbocycles. The van der Waals surface area contributed by atoms with Crippen LogP contribution in [-0.2, 0) is 23.7 Å². The summed E-state index contributed by atoms with van der Waals surface area (Å²) in [5.41, 5.74) is -0.0946. The number of hydrogen-bond acceptors (Lipinski definition) is 11. The number of hydrogen-bond donors (Lipinski definition) is 2. The average Bonchev–Trinajstić information content (AvgIpc) is 3.65. The number of benzene rings is 3. The maximum atomic E-state index is 13.4. The van der Waals surface area contributed by atoms with E-state index in [4.69, 9.17) is 18.9 Å². The minimum atomic E-state index is -1.36. The molecule has 1 amide bonds. The number of amides is 1. The Bertz CT molecular complexity index is 1980. The molecule has 5 aromatic rings. The summed E-state index contributed by atoms with van der Waals surface area (Å²) < 4.78 is 25.1. The van der Waals surface area contributed by atoms with Gasteiger partial charge in [0, 0.05) is 6.92 Å². The third-order valence-corrected chi connectivity index (χ3v) is 7.18. The summed E-state index contributed by atoms with van der Waals surface area (Å²) in [6.07, 6.45) is -3.89. The summed E-state index contributed by atoms with van der Waals surface area (Å²) >= 11 is 0. The van der Waals surface area contributed by atoms with E-state index >= 15 is 0 Å². The lowest BCUT2D eigenvalue weighted by atomic mass is 10.1. The molecule has 14 heteroatoms. The smallest absolute Gasteiger partial charge is 0.338 e. The van der Waals surface area contributed by atoms with E-state index in [0.717, 1.165) is 0 Å².